The number of carbonyl (C=O) groups excluding carboxylic acids is 1. The Morgan fingerprint density at radius 1 is 1.36 bits per heavy atom. The molecule has 0 unspecified atom stereocenters. The molecule has 1 aliphatic heterocycles. The maximum atomic E-state index is 12.5. The van der Waals surface area contributed by atoms with E-state index >= 15 is 0 Å². The number of thioether (sulfide) groups is 1. The number of rotatable bonds is 4. The normalized spacial score (nSPS) is 21.9. The Bertz CT molecular complexity index is 590. The highest BCUT2D eigenvalue weighted by Crippen LogP contribution is 2.24. The molecule has 0 aliphatic carbocycles. The smallest absolute Gasteiger partial charge is 0.254 e. The number of aromatic amines is 1. The van der Waals surface area contributed by atoms with Crippen LogP contribution in [-0.4, -0.2) is 38.6 Å². The van der Waals surface area contributed by atoms with Gasteiger partial charge in [0.05, 0.1) is 5.75 Å². The summed E-state index contributed by atoms with van der Waals surface area (Å²) < 4.78 is 0. The van der Waals surface area contributed by atoms with Gasteiger partial charge < -0.3 is 9.88 Å². The Morgan fingerprint density at radius 3 is 2.55 bits per heavy atom. The summed E-state index contributed by atoms with van der Waals surface area (Å²) >= 11 is 1.32. The molecule has 0 radical (unpaired) electrons. The van der Waals surface area contributed by atoms with Crippen molar-refractivity contribution in [1.29, 1.82) is 0 Å². The van der Waals surface area contributed by atoms with E-state index in [0.29, 0.717) is 35.0 Å². The van der Waals surface area contributed by atoms with Crippen molar-refractivity contribution < 1.29 is 4.79 Å². The molecule has 0 saturated carbocycles. The minimum atomic E-state index is -0.0929. The van der Waals surface area contributed by atoms with Crippen molar-refractivity contribution in [2.24, 2.45) is 0 Å². The lowest BCUT2D eigenvalue weighted by molar-refractivity contribution is -0.134. The number of nitrogens with zero attached hydrogens (tertiary/aromatic N) is 2. The summed E-state index contributed by atoms with van der Waals surface area (Å²) in [4.78, 5) is 33.6. The lowest BCUT2D eigenvalue weighted by Crippen LogP contribution is -2.48. The van der Waals surface area contributed by atoms with Crippen molar-refractivity contribution in [3.63, 3.8) is 0 Å². The Balaban J connectivity index is 2.03. The Labute approximate surface area is 135 Å². The number of aromatic nitrogens is 2. The summed E-state index contributed by atoms with van der Waals surface area (Å²) in [6.07, 6.45) is 3.99. The van der Waals surface area contributed by atoms with Crippen LogP contribution in [0.3, 0.4) is 0 Å². The van der Waals surface area contributed by atoms with Gasteiger partial charge >= 0.3 is 0 Å². The second-order valence-corrected chi connectivity index (χ2v) is 6.97. The van der Waals surface area contributed by atoms with E-state index in [1.165, 1.54) is 18.2 Å². The number of carbonyl (C=O) groups is 1. The molecule has 1 fully saturated rings. The number of piperidine rings is 1. The quantitative estimate of drug-likeness (QED) is 0.683. The molecule has 2 atom stereocenters. The molecular weight excluding hydrogens is 298 g/mol. The van der Waals surface area contributed by atoms with E-state index in [0.717, 1.165) is 18.5 Å². The van der Waals surface area contributed by atoms with Crippen molar-refractivity contribution in [2.75, 3.05) is 5.75 Å². The standard InChI is InChI=1S/C16H25N3O2S/c1-5-13-12(4)17-16(18-15(13)21)22-9-14(20)19-10(2)7-6-8-11(19)3/h10-11H,5-9H2,1-4H3,(H,17,18,21)/t10-,11+. The number of H-pyrrole nitrogens is 1. The summed E-state index contributed by atoms with van der Waals surface area (Å²) in [6.45, 7) is 8.00. The SMILES string of the molecule is CCc1c(C)nc(SCC(=O)N2[C@H](C)CCC[C@@H]2C)[nH]c1=O. The predicted molar refractivity (Wildman–Crippen MR) is 89.3 cm³/mol. The largest absolute Gasteiger partial charge is 0.337 e. The monoisotopic (exact) mass is 323 g/mol. The average Bonchev–Trinajstić information content (AvgIpc) is 2.44. The number of aryl methyl sites for hydroxylation is 1. The summed E-state index contributed by atoms with van der Waals surface area (Å²) in [5.74, 6) is 0.451. The Hall–Kier alpha value is -1.30. The van der Waals surface area contributed by atoms with Crippen molar-refractivity contribution in [1.82, 2.24) is 14.9 Å². The lowest BCUT2D eigenvalue weighted by atomic mass is 9.98. The molecule has 1 N–H and O–H groups in total. The first kappa shape index (κ1) is 17.1. The zero-order valence-corrected chi connectivity index (χ0v) is 14.6. The minimum absolute atomic E-state index is 0.0929. The van der Waals surface area contributed by atoms with Crippen molar-refractivity contribution in [3.05, 3.63) is 21.6 Å². The first-order chi connectivity index (χ1) is 10.4. The number of amides is 1. The second kappa shape index (κ2) is 7.31. The fourth-order valence-corrected chi connectivity index (χ4v) is 3.96. The Morgan fingerprint density at radius 2 is 2.00 bits per heavy atom. The minimum Gasteiger partial charge on any atom is -0.337 e. The molecule has 1 aliphatic rings. The number of nitrogens with one attached hydrogen (secondary N) is 1. The van der Waals surface area contributed by atoms with Crippen LogP contribution in [0, 0.1) is 6.92 Å². The second-order valence-electron chi connectivity index (χ2n) is 6.01. The zero-order valence-electron chi connectivity index (χ0n) is 13.8. The summed E-state index contributed by atoms with van der Waals surface area (Å²) in [6, 6.07) is 0.598. The average molecular weight is 323 g/mol. The molecule has 0 bridgehead atoms. The molecule has 2 heterocycles. The van der Waals surface area contributed by atoms with Crippen molar-refractivity contribution >= 4 is 17.7 Å². The number of hydrogen-bond donors (Lipinski definition) is 1. The van der Waals surface area contributed by atoms with Crippen molar-refractivity contribution in [3.8, 4) is 0 Å². The van der Waals surface area contributed by atoms with Crippen LogP contribution in [0.15, 0.2) is 9.95 Å². The molecular formula is C16H25N3O2S. The summed E-state index contributed by atoms with van der Waals surface area (Å²) in [7, 11) is 0. The van der Waals surface area contributed by atoms with Gasteiger partial charge in [-0.1, -0.05) is 18.7 Å². The van der Waals surface area contributed by atoms with Crippen molar-refractivity contribution in [2.45, 2.75) is 70.6 Å². The zero-order chi connectivity index (χ0) is 16.3. The van der Waals surface area contributed by atoms with E-state index in [9.17, 15) is 9.59 Å². The van der Waals surface area contributed by atoms with E-state index in [1.807, 2.05) is 18.7 Å². The van der Waals surface area contributed by atoms with Gasteiger partial charge in [0.2, 0.25) is 5.91 Å². The van der Waals surface area contributed by atoms with Gasteiger partial charge in [-0.25, -0.2) is 4.98 Å². The van der Waals surface area contributed by atoms with Crippen LogP contribution in [0.4, 0.5) is 0 Å². The molecule has 1 saturated heterocycles. The summed E-state index contributed by atoms with van der Waals surface area (Å²) in [5.41, 5.74) is 1.37. The molecule has 0 aromatic carbocycles. The van der Waals surface area contributed by atoms with E-state index in [-0.39, 0.29) is 11.5 Å². The molecule has 22 heavy (non-hydrogen) atoms. The fourth-order valence-electron chi connectivity index (χ4n) is 3.19. The van der Waals surface area contributed by atoms with Gasteiger partial charge in [0.15, 0.2) is 5.16 Å². The van der Waals surface area contributed by atoms with Crippen LogP contribution >= 0.6 is 11.8 Å². The van der Waals surface area contributed by atoms with Crippen LogP contribution in [0.25, 0.3) is 0 Å². The maximum Gasteiger partial charge on any atom is 0.254 e. The van der Waals surface area contributed by atoms with Gasteiger partial charge in [-0.15, -0.1) is 0 Å². The highest BCUT2D eigenvalue weighted by molar-refractivity contribution is 7.99. The molecule has 122 valence electrons. The molecule has 6 heteroatoms. The molecule has 0 spiro atoms. The predicted octanol–water partition coefficient (Wildman–Crippen LogP) is 2.52. The Kier molecular flexibility index (Phi) is 5.67. The molecule has 2 rings (SSSR count). The van der Waals surface area contributed by atoms with Crippen LogP contribution in [0.1, 0.15) is 51.3 Å². The van der Waals surface area contributed by atoms with Gasteiger partial charge in [-0.05, 0) is 46.5 Å². The van der Waals surface area contributed by atoms with Gasteiger partial charge in [0.25, 0.3) is 5.56 Å². The lowest BCUT2D eigenvalue weighted by Gasteiger charge is -2.39. The third kappa shape index (κ3) is 3.72. The molecule has 1 aromatic heterocycles. The molecule has 5 nitrogen and oxygen atoms in total. The third-order valence-electron chi connectivity index (χ3n) is 4.37. The van der Waals surface area contributed by atoms with E-state index in [2.05, 4.69) is 23.8 Å². The van der Waals surface area contributed by atoms with Crippen LogP contribution in [0.5, 0.6) is 0 Å². The topological polar surface area (TPSA) is 66.1 Å². The first-order valence-corrected chi connectivity index (χ1v) is 8.96. The van der Waals surface area contributed by atoms with Gasteiger partial charge in [-0.2, -0.15) is 0 Å². The van der Waals surface area contributed by atoms with E-state index in [4.69, 9.17) is 0 Å². The van der Waals surface area contributed by atoms with Gasteiger partial charge in [-0.3, -0.25) is 9.59 Å². The molecule has 1 amide bonds. The highest BCUT2D eigenvalue weighted by Gasteiger charge is 2.28. The number of hydrogen-bond acceptors (Lipinski definition) is 4. The first-order valence-electron chi connectivity index (χ1n) is 7.97. The van der Waals surface area contributed by atoms with Crippen LogP contribution in [-0.2, 0) is 11.2 Å². The highest BCUT2D eigenvalue weighted by atomic mass is 32.2. The number of likely N-dealkylation sites (tertiary alicyclic amines) is 1. The fraction of sp³-hybridized carbons (Fsp3) is 0.688. The molecule has 1 aromatic rings. The van der Waals surface area contributed by atoms with Crippen LogP contribution in [0.2, 0.25) is 0 Å². The van der Waals surface area contributed by atoms with E-state index in [1.54, 1.807) is 0 Å². The maximum absolute atomic E-state index is 12.5. The van der Waals surface area contributed by atoms with Crippen LogP contribution < -0.4 is 5.56 Å². The van der Waals surface area contributed by atoms with Gasteiger partial charge in [0, 0.05) is 23.3 Å². The van der Waals surface area contributed by atoms with E-state index < -0.39 is 0 Å². The summed E-state index contributed by atoms with van der Waals surface area (Å²) in [5, 5.41) is 0.533. The van der Waals surface area contributed by atoms with Gasteiger partial charge in [0.1, 0.15) is 0 Å². The third-order valence-corrected chi connectivity index (χ3v) is 5.23.